The number of para-hydroxylation sites is 1. The minimum atomic E-state index is -0.170. The summed E-state index contributed by atoms with van der Waals surface area (Å²) in [6, 6.07) is 8.24. The van der Waals surface area contributed by atoms with Gasteiger partial charge in [0.2, 0.25) is 5.91 Å². The second kappa shape index (κ2) is 3.37. The largest absolute Gasteiger partial charge is 0.369 e. The highest BCUT2D eigenvalue weighted by atomic mass is 16.1. The van der Waals surface area contributed by atoms with E-state index in [2.05, 4.69) is 17.1 Å². The number of nitrogens with one attached hydrogen (secondary N) is 1. The minimum Gasteiger partial charge on any atom is -0.369 e. The van der Waals surface area contributed by atoms with Crippen molar-refractivity contribution in [1.82, 2.24) is 4.98 Å². The van der Waals surface area contributed by atoms with Gasteiger partial charge in [-0.25, -0.2) is 0 Å². The van der Waals surface area contributed by atoms with Crippen molar-refractivity contribution < 1.29 is 4.79 Å². The second-order valence-electron chi connectivity index (χ2n) is 4.47. The molecule has 1 aliphatic carbocycles. The molecule has 1 aromatic carbocycles. The number of carbonyl (C=O) groups excluding carboxylic acids is 1. The van der Waals surface area contributed by atoms with Gasteiger partial charge < -0.3 is 10.7 Å². The van der Waals surface area contributed by atoms with Crippen molar-refractivity contribution >= 4 is 16.8 Å². The van der Waals surface area contributed by atoms with Crippen molar-refractivity contribution in [2.45, 2.75) is 19.3 Å². The molecule has 3 rings (SSSR count). The Morgan fingerprint density at radius 2 is 2.19 bits per heavy atom. The SMILES string of the molecule is NC(=O)[C@@H]1CCc2[nH]c3ccccc3c2C1. The molecule has 0 bridgehead atoms. The molecule has 0 radical (unpaired) electrons. The molecule has 0 fully saturated rings. The number of H-pyrrole nitrogens is 1. The number of aromatic nitrogens is 1. The molecular formula is C13H14N2O. The third-order valence-corrected chi connectivity index (χ3v) is 3.50. The first-order valence-electron chi connectivity index (χ1n) is 5.63. The maximum absolute atomic E-state index is 11.2. The summed E-state index contributed by atoms with van der Waals surface area (Å²) in [5, 5.41) is 1.24. The Morgan fingerprint density at radius 3 is 3.00 bits per heavy atom. The lowest BCUT2D eigenvalue weighted by Crippen LogP contribution is -2.28. The van der Waals surface area contributed by atoms with Crippen LogP contribution in [0.25, 0.3) is 10.9 Å². The predicted molar refractivity (Wildman–Crippen MR) is 63.0 cm³/mol. The van der Waals surface area contributed by atoms with Gasteiger partial charge in [0.1, 0.15) is 0 Å². The van der Waals surface area contributed by atoms with Crippen LogP contribution >= 0.6 is 0 Å². The number of benzene rings is 1. The first-order valence-corrected chi connectivity index (χ1v) is 5.63. The molecule has 1 heterocycles. The molecule has 3 heteroatoms. The number of nitrogens with two attached hydrogens (primary N) is 1. The fourth-order valence-electron chi connectivity index (χ4n) is 2.61. The van der Waals surface area contributed by atoms with Crippen molar-refractivity contribution in [2.24, 2.45) is 11.7 Å². The average Bonchev–Trinajstić information content (AvgIpc) is 2.66. The van der Waals surface area contributed by atoms with Gasteiger partial charge in [-0.2, -0.15) is 0 Å². The third-order valence-electron chi connectivity index (χ3n) is 3.50. The van der Waals surface area contributed by atoms with Crippen LogP contribution in [-0.4, -0.2) is 10.9 Å². The zero-order valence-corrected chi connectivity index (χ0v) is 8.99. The Morgan fingerprint density at radius 1 is 1.38 bits per heavy atom. The molecule has 0 saturated heterocycles. The van der Waals surface area contributed by atoms with Crippen LogP contribution in [0.5, 0.6) is 0 Å². The van der Waals surface area contributed by atoms with E-state index in [0.717, 1.165) is 24.8 Å². The number of amides is 1. The number of aromatic amines is 1. The van der Waals surface area contributed by atoms with E-state index in [-0.39, 0.29) is 11.8 Å². The van der Waals surface area contributed by atoms with Gasteiger partial charge in [-0.05, 0) is 30.9 Å². The highest BCUT2D eigenvalue weighted by molar-refractivity contribution is 5.86. The Balaban J connectivity index is 2.11. The van der Waals surface area contributed by atoms with Gasteiger partial charge in [0, 0.05) is 22.5 Å². The standard InChI is InChI=1S/C13H14N2O/c14-13(16)8-5-6-12-10(7-8)9-3-1-2-4-11(9)15-12/h1-4,8,15H,5-7H2,(H2,14,16)/t8-/m1/s1. The lowest BCUT2D eigenvalue weighted by molar-refractivity contribution is -0.122. The van der Waals surface area contributed by atoms with Gasteiger partial charge in [-0.1, -0.05) is 18.2 Å². The van der Waals surface area contributed by atoms with Crippen LogP contribution in [0.4, 0.5) is 0 Å². The summed E-state index contributed by atoms with van der Waals surface area (Å²) >= 11 is 0. The highest BCUT2D eigenvalue weighted by Gasteiger charge is 2.25. The smallest absolute Gasteiger partial charge is 0.220 e. The summed E-state index contributed by atoms with van der Waals surface area (Å²) in [6.45, 7) is 0. The van der Waals surface area contributed by atoms with Crippen LogP contribution in [0.1, 0.15) is 17.7 Å². The second-order valence-corrected chi connectivity index (χ2v) is 4.47. The average molecular weight is 214 g/mol. The Bertz CT molecular complexity index is 556. The molecule has 0 saturated carbocycles. The molecule has 2 aromatic rings. The minimum absolute atomic E-state index is 0.00621. The maximum atomic E-state index is 11.2. The molecule has 1 aliphatic rings. The number of fused-ring (bicyclic) bond motifs is 3. The topological polar surface area (TPSA) is 58.9 Å². The third kappa shape index (κ3) is 1.32. The van der Waals surface area contributed by atoms with E-state index in [1.807, 2.05) is 12.1 Å². The van der Waals surface area contributed by atoms with E-state index in [1.54, 1.807) is 0 Å². The number of carbonyl (C=O) groups is 1. The van der Waals surface area contributed by atoms with Crippen molar-refractivity contribution in [3.8, 4) is 0 Å². The van der Waals surface area contributed by atoms with Crippen LogP contribution in [0.3, 0.4) is 0 Å². The molecule has 1 amide bonds. The first kappa shape index (κ1) is 9.46. The predicted octanol–water partition coefficient (Wildman–Crippen LogP) is 1.76. The van der Waals surface area contributed by atoms with E-state index in [0.29, 0.717) is 0 Å². The number of aryl methyl sites for hydroxylation is 1. The van der Waals surface area contributed by atoms with E-state index in [4.69, 9.17) is 5.73 Å². The Labute approximate surface area is 93.6 Å². The molecule has 0 spiro atoms. The summed E-state index contributed by atoms with van der Waals surface area (Å²) in [7, 11) is 0. The van der Waals surface area contributed by atoms with E-state index in [9.17, 15) is 4.79 Å². The number of hydrogen-bond acceptors (Lipinski definition) is 1. The molecule has 1 atom stereocenters. The number of rotatable bonds is 1. The van der Waals surface area contributed by atoms with Gasteiger partial charge >= 0.3 is 0 Å². The summed E-state index contributed by atoms with van der Waals surface area (Å²) in [5.74, 6) is -0.164. The lowest BCUT2D eigenvalue weighted by atomic mass is 9.86. The fraction of sp³-hybridized carbons (Fsp3) is 0.308. The molecule has 16 heavy (non-hydrogen) atoms. The van der Waals surface area contributed by atoms with Crippen LogP contribution in [0, 0.1) is 5.92 Å². The highest BCUT2D eigenvalue weighted by Crippen LogP contribution is 2.31. The van der Waals surface area contributed by atoms with Crippen molar-refractivity contribution in [2.75, 3.05) is 0 Å². The lowest BCUT2D eigenvalue weighted by Gasteiger charge is -2.19. The van der Waals surface area contributed by atoms with Gasteiger partial charge in [0.25, 0.3) is 0 Å². The van der Waals surface area contributed by atoms with Gasteiger partial charge in [-0.15, -0.1) is 0 Å². The molecule has 0 aliphatic heterocycles. The fourth-order valence-corrected chi connectivity index (χ4v) is 2.61. The monoisotopic (exact) mass is 214 g/mol. The summed E-state index contributed by atoms with van der Waals surface area (Å²) in [5.41, 5.74) is 9.11. The van der Waals surface area contributed by atoms with Crippen molar-refractivity contribution in [3.63, 3.8) is 0 Å². The van der Waals surface area contributed by atoms with Crippen molar-refractivity contribution in [3.05, 3.63) is 35.5 Å². The zero-order chi connectivity index (χ0) is 11.1. The van der Waals surface area contributed by atoms with E-state index < -0.39 is 0 Å². The summed E-state index contributed by atoms with van der Waals surface area (Å²) < 4.78 is 0. The van der Waals surface area contributed by atoms with Crippen molar-refractivity contribution in [1.29, 1.82) is 0 Å². The molecule has 1 aromatic heterocycles. The quantitative estimate of drug-likeness (QED) is 0.746. The van der Waals surface area contributed by atoms with Gasteiger partial charge in [0.05, 0.1) is 0 Å². The van der Waals surface area contributed by atoms with E-state index >= 15 is 0 Å². The Kier molecular flexibility index (Phi) is 1.99. The Hall–Kier alpha value is -1.77. The van der Waals surface area contributed by atoms with Gasteiger partial charge in [0.15, 0.2) is 0 Å². The first-order chi connectivity index (χ1) is 7.75. The van der Waals surface area contributed by atoms with Crippen LogP contribution in [-0.2, 0) is 17.6 Å². The normalized spacial score (nSPS) is 19.6. The molecule has 82 valence electrons. The summed E-state index contributed by atoms with van der Waals surface area (Å²) in [4.78, 5) is 14.7. The maximum Gasteiger partial charge on any atom is 0.220 e. The van der Waals surface area contributed by atoms with Crippen LogP contribution < -0.4 is 5.73 Å². The molecular weight excluding hydrogens is 200 g/mol. The number of hydrogen-bond donors (Lipinski definition) is 2. The van der Waals surface area contributed by atoms with Crippen LogP contribution in [0.15, 0.2) is 24.3 Å². The van der Waals surface area contributed by atoms with E-state index in [1.165, 1.54) is 16.6 Å². The zero-order valence-electron chi connectivity index (χ0n) is 8.99. The van der Waals surface area contributed by atoms with Crippen LogP contribution in [0.2, 0.25) is 0 Å². The number of primary amides is 1. The molecule has 0 unspecified atom stereocenters. The van der Waals surface area contributed by atoms with Gasteiger partial charge in [-0.3, -0.25) is 4.79 Å². The molecule has 3 N–H and O–H groups in total. The summed E-state index contributed by atoms with van der Waals surface area (Å²) in [6.07, 6.45) is 2.58. The molecule has 3 nitrogen and oxygen atoms in total.